The zero-order chi connectivity index (χ0) is 24.0. The largest absolute Gasteiger partial charge is 0.456 e. The molecular weight excluding hydrogens is 440 g/mol. The van der Waals surface area contributed by atoms with Crippen LogP contribution in [0.3, 0.4) is 0 Å². The van der Waals surface area contributed by atoms with Crippen molar-refractivity contribution in [2.75, 3.05) is 0 Å². The van der Waals surface area contributed by atoms with Gasteiger partial charge in [0.05, 0.1) is 0 Å². The molecular formula is C34H22O2. The third-order valence-corrected chi connectivity index (χ3v) is 7.77. The second kappa shape index (κ2) is 6.99. The lowest BCUT2D eigenvalue weighted by molar-refractivity contribution is 0.646. The first kappa shape index (κ1) is 19.7. The Hall–Kier alpha value is -4.56. The predicted octanol–water partition coefficient (Wildman–Crippen LogP) is 9.98. The van der Waals surface area contributed by atoms with Crippen molar-refractivity contribution < 1.29 is 8.83 Å². The molecule has 36 heavy (non-hydrogen) atoms. The van der Waals surface area contributed by atoms with Crippen molar-refractivity contribution in [3.63, 3.8) is 0 Å². The number of hydrogen-bond acceptors (Lipinski definition) is 2. The molecule has 0 aromatic heterocycles. The van der Waals surface area contributed by atoms with E-state index in [9.17, 15) is 0 Å². The molecule has 2 aliphatic rings. The zero-order valence-electron chi connectivity index (χ0n) is 20.1. The first-order valence-corrected chi connectivity index (χ1v) is 12.4. The molecule has 0 N–H and O–H groups in total. The predicted molar refractivity (Wildman–Crippen MR) is 149 cm³/mol. The van der Waals surface area contributed by atoms with Crippen LogP contribution in [0.15, 0.2) is 106 Å². The molecule has 2 heteroatoms. The van der Waals surface area contributed by atoms with Gasteiger partial charge in [0, 0.05) is 21.9 Å². The summed E-state index contributed by atoms with van der Waals surface area (Å²) in [4.78, 5) is 0. The molecule has 2 heterocycles. The number of hydrogen-bond donors (Lipinski definition) is 0. The van der Waals surface area contributed by atoms with Gasteiger partial charge in [0.2, 0.25) is 0 Å². The third kappa shape index (κ3) is 2.51. The van der Waals surface area contributed by atoms with E-state index in [1.54, 1.807) is 0 Å². The number of rotatable bonds is 2. The maximum absolute atomic E-state index is 6.57. The third-order valence-electron chi connectivity index (χ3n) is 7.77. The second-order valence-electron chi connectivity index (χ2n) is 9.78. The van der Waals surface area contributed by atoms with Crippen molar-refractivity contribution in [2.45, 2.75) is 13.8 Å². The van der Waals surface area contributed by atoms with E-state index in [0.717, 1.165) is 44.2 Å². The lowest BCUT2D eigenvalue weighted by Gasteiger charge is -2.22. The van der Waals surface area contributed by atoms with E-state index in [-0.39, 0.29) is 0 Å². The summed E-state index contributed by atoms with van der Waals surface area (Å²) in [5, 5.41) is 4.62. The quantitative estimate of drug-likeness (QED) is 0.189. The molecule has 0 amide bonds. The van der Waals surface area contributed by atoms with Crippen LogP contribution >= 0.6 is 0 Å². The Balaban J connectivity index is 1.54. The van der Waals surface area contributed by atoms with E-state index >= 15 is 0 Å². The van der Waals surface area contributed by atoms with Crippen molar-refractivity contribution >= 4 is 43.9 Å². The first-order chi connectivity index (χ1) is 17.7. The molecule has 0 spiro atoms. The molecule has 0 saturated heterocycles. The van der Waals surface area contributed by atoms with E-state index in [1.165, 1.54) is 44.2 Å². The Labute approximate surface area is 208 Å². The normalized spacial score (nSPS) is 12.2. The van der Waals surface area contributed by atoms with Crippen LogP contribution < -0.4 is 0 Å². The fourth-order valence-corrected chi connectivity index (χ4v) is 6.09. The zero-order valence-corrected chi connectivity index (χ0v) is 20.1. The average molecular weight is 463 g/mol. The Morgan fingerprint density at radius 3 is 1.25 bits per heavy atom. The van der Waals surface area contributed by atoms with Gasteiger partial charge in [-0.3, -0.25) is 0 Å². The summed E-state index contributed by atoms with van der Waals surface area (Å²) in [6.07, 6.45) is 0. The molecule has 0 aliphatic carbocycles. The van der Waals surface area contributed by atoms with Crippen LogP contribution in [0.2, 0.25) is 0 Å². The Morgan fingerprint density at radius 1 is 0.389 bits per heavy atom. The van der Waals surface area contributed by atoms with Crippen molar-refractivity contribution in [3.8, 4) is 33.4 Å². The van der Waals surface area contributed by atoms with E-state index in [4.69, 9.17) is 8.83 Å². The Kier molecular flexibility index (Phi) is 3.83. The second-order valence-corrected chi connectivity index (χ2v) is 9.78. The summed E-state index contributed by atoms with van der Waals surface area (Å²) in [6, 6.07) is 34.3. The summed E-state index contributed by atoms with van der Waals surface area (Å²) in [6.45, 7) is 4.34. The van der Waals surface area contributed by atoms with Gasteiger partial charge in [-0.15, -0.1) is 0 Å². The monoisotopic (exact) mass is 462 g/mol. The van der Waals surface area contributed by atoms with Gasteiger partial charge in [-0.1, -0.05) is 60.7 Å². The SMILES string of the molecule is Cc1ccccc1-c1ccc2oc3ccc4c(-c5ccccc5C)ccc5oc6ccc1c2c6-c3c54. The van der Waals surface area contributed by atoms with E-state index in [2.05, 4.69) is 111 Å². The average Bonchev–Trinajstić information content (AvgIpc) is 2.91. The molecule has 6 aromatic carbocycles. The van der Waals surface area contributed by atoms with Crippen LogP contribution in [-0.4, -0.2) is 0 Å². The van der Waals surface area contributed by atoms with E-state index in [0.29, 0.717) is 0 Å². The highest BCUT2D eigenvalue weighted by atomic mass is 16.3. The highest BCUT2D eigenvalue weighted by molar-refractivity contribution is 6.26. The Bertz CT molecular complexity index is 1920. The standard InChI is InChI=1S/C34H22O2/c1-19-7-3-5-9-21(19)23-11-15-27-31-25(23)13-17-29-33(31)34-30(35-27)18-14-26-24(12-16-28(36-29)32(26)34)22-10-6-4-8-20(22)2/h3-18H,1-2H3. The minimum atomic E-state index is 0.883. The van der Waals surface area contributed by atoms with Gasteiger partial charge in [0.1, 0.15) is 22.3 Å². The molecule has 2 nitrogen and oxygen atoms in total. The van der Waals surface area contributed by atoms with Gasteiger partial charge < -0.3 is 8.83 Å². The molecule has 6 aromatic rings. The van der Waals surface area contributed by atoms with Crippen molar-refractivity contribution in [3.05, 3.63) is 108 Å². The smallest absolute Gasteiger partial charge is 0.136 e. The molecule has 8 rings (SSSR count). The van der Waals surface area contributed by atoms with Crippen molar-refractivity contribution in [1.29, 1.82) is 0 Å². The van der Waals surface area contributed by atoms with Gasteiger partial charge in [-0.25, -0.2) is 0 Å². The van der Waals surface area contributed by atoms with Gasteiger partial charge in [-0.05, 0) is 94.4 Å². The van der Waals surface area contributed by atoms with Crippen LogP contribution in [0.25, 0.3) is 77.3 Å². The molecule has 2 aliphatic heterocycles. The van der Waals surface area contributed by atoms with Crippen LogP contribution in [0.1, 0.15) is 11.1 Å². The first-order valence-electron chi connectivity index (χ1n) is 12.4. The van der Waals surface area contributed by atoms with Gasteiger partial charge in [0.15, 0.2) is 0 Å². The van der Waals surface area contributed by atoms with E-state index < -0.39 is 0 Å². The highest BCUT2D eigenvalue weighted by Gasteiger charge is 2.26. The lowest BCUT2D eigenvalue weighted by atomic mass is 9.85. The fraction of sp³-hybridized carbons (Fsp3) is 0.0588. The summed E-state index contributed by atoms with van der Waals surface area (Å²) in [7, 11) is 0. The van der Waals surface area contributed by atoms with Gasteiger partial charge in [-0.2, -0.15) is 0 Å². The minimum absolute atomic E-state index is 0.883. The highest BCUT2D eigenvalue weighted by Crippen LogP contribution is 2.50. The van der Waals surface area contributed by atoms with Crippen molar-refractivity contribution in [1.82, 2.24) is 0 Å². The summed E-state index contributed by atoms with van der Waals surface area (Å²) in [5.41, 5.74) is 13.3. The maximum Gasteiger partial charge on any atom is 0.136 e. The van der Waals surface area contributed by atoms with Gasteiger partial charge in [0.25, 0.3) is 0 Å². The molecule has 0 saturated carbocycles. The lowest BCUT2D eigenvalue weighted by Crippen LogP contribution is -1.96. The van der Waals surface area contributed by atoms with Crippen LogP contribution in [0, 0.1) is 13.8 Å². The molecule has 170 valence electrons. The number of benzene rings is 6. The van der Waals surface area contributed by atoms with E-state index in [1.807, 2.05) is 0 Å². The topological polar surface area (TPSA) is 26.3 Å². The molecule has 0 radical (unpaired) electrons. The summed E-state index contributed by atoms with van der Waals surface area (Å²) < 4.78 is 13.1. The molecule has 0 atom stereocenters. The maximum atomic E-state index is 6.57. The molecule has 0 unspecified atom stereocenters. The fourth-order valence-electron chi connectivity index (χ4n) is 6.09. The summed E-state index contributed by atoms with van der Waals surface area (Å²) >= 11 is 0. The Morgan fingerprint density at radius 2 is 0.806 bits per heavy atom. The summed E-state index contributed by atoms with van der Waals surface area (Å²) in [5.74, 6) is 0. The van der Waals surface area contributed by atoms with Gasteiger partial charge >= 0.3 is 0 Å². The molecule has 0 fully saturated rings. The minimum Gasteiger partial charge on any atom is -0.456 e. The van der Waals surface area contributed by atoms with Crippen LogP contribution in [-0.2, 0) is 0 Å². The van der Waals surface area contributed by atoms with Crippen LogP contribution in [0.5, 0.6) is 0 Å². The van der Waals surface area contributed by atoms with Crippen LogP contribution in [0.4, 0.5) is 0 Å². The van der Waals surface area contributed by atoms with Crippen molar-refractivity contribution in [2.24, 2.45) is 0 Å². The number of aryl methyl sites for hydroxylation is 2. The molecule has 0 bridgehead atoms.